The van der Waals surface area contributed by atoms with Crippen LogP contribution in [-0.4, -0.2) is 36.1 Å². The maximum atomic E-state index is 5.45. The molecule has 4 heterocycles. The summed E-state index contributed by atoms with van der Waals surface area (Å²) < 4.78 is 0. The molecule has 0 aliphatic carbocycles. The first-order chi connectivity index (χ1) is 58.9. The van der Waals surface area contributed by atoms with Crippen molar-refractivity contribution in [2.45, 2.75) is 26.2 Å². The summed E-state index contributed by atoms with van der Waals surface area (Å²) in [6, 6.07) is 157. The topological polar surface area (TPSA) is 51.6 Å². The predicted octanol–water partition coefficient (Wildman–Crippen LogP) is 27.6. The molecule has 2 aliphatic heterocycles. The molecular weight excluding hydrogens is 1480 g/mol. The van der Waals surface area contributed by atoms with Gasteiger partial charge in [0, 0.05) is 22.3 Å². The van der Waals surface area contributed by atoms with Gasteiger partial charge in [0.1, 0.15) is 16.1 Å². The Morgan fingerprint density at radius 2 is 0.333 bits per heavy atom. The van der Waals surface area contributed by atoms with Crippen LogP contribution in [0.3, 0.4) is 0 Å². The van der Waals surface area contributed by atoms with Gasteiger partial charge in [0.2, 0.25) is 0 Å². The molecule has 2 aliphatic rings. The lowest BCUT2D eigenvalue weighted by Crippen LogP contribution is -2.50. The number of hydrogen-bond donors (Lipinski definition) is 0. The third kappa shape index (κ3) is 14.5. The Morgan fingerprint density at radius 3 is 0.667 bits per heavy atom. The number of benzene rings is 17. The van der Waals surface area contributed by atoms with Gasteiger partial charge in [0.05, 0.1) is 22.8 Å². The maximum absolute atomic E-state index is 5.45. The molecule has 0 unspecified atom stereocenters. The summed E-state index contributed by atoms with van der Waals surface area (Å²) in [6.07, 6.45) is 0. The second kappa shape index (κ2) is 31.7. The van der Waals surface area contributed by atoms with Gasteiger partial charge in [-0.15, -0.1) is 0 Å². The molecule has 17 aromatic carbocycles. The zero-order valence-corrected chi connectivity index (χ0v) is 69.4. The Bertz CT molecular complexity index is 6880. The lowest BCUT2D eigenvalue weighted by atomic mass is 9.92. The fourth-order valence-electron chi connectivity index (χ4n) is 17.9. The van der Waals surface area contributed by atoms with E-state index in [2.05, 4.69) is 463 Å². The zero-order valence-electron chi connectivity index (χ0n) is 67.4. The van der Waals surface area contributed by atoms with Crippen LogP contribution in [0.5, 0.6) is 0 Å². The van der Waals surface area contributed by atoms with Gasteiger partial charge >= 0.3 is 0 Å². The highest BCUT2D eigenvalue weighted by Crippen LogP contribution is 2.42. The summed E-state index contributed by atoms with van der Waals surface area (Å²) in [6.45, 7) is 9.74. The summed E-state index contributed by atoms with van der Waals surface area (Å²) in [5.41, 5.74) is 37.3. The smallest absolute Gasteiger partial charge is 0.160 e. The Hall–Kier alpha value is -14.7. The van der Waals surface area contributed by atoms with Gasteiger partial charge in [-0.25, -0.2) is 19.9 Å². The van der Waals surface area contributed by atoms with Crippen LogP contribution >= 0.6 is 0 Å². The highest BCUT2D eigenvalue weighted by atomic mass is 28.3. The molecular formula is C114H84N4Si2. The van der Waals surface area contributed by atoms with E-state index in [0.717, 1.165) is 73.4 Å². The molecule has 0 radical (unpaired) electrons. The molecule has 0 saturated carbocycles. The van der Waals surface area contributed by atoms with E-state index in [-0.39, 0.29) is 0 Å². The summed E-state index contributed by atoms with van der Waals surface area (Å²) >= 11 is 0. The van der Waals surface area contributed by atoms with Gasteiger partial charge in [0.15, 0.2) is 11.6 Å². The molecule has 6 heteroatoms. The van der Waals surface area contributed by atoms with Crippen molar-refractivity contribution in [1.29, 1.82) is 0 Å². The average Bonchev–Trinajstić information content (AvgIpc) is 1.58. The van der Waals surface area contributed by atoms with Crippen molar-refractivity contribution < 1.29 is 0 Å². The van der Waals surface area contributed by atoms with Crippen LogP contribution in [0, 0.1) is 0 Å². The van der Waals surface area contributed by atoms with E-state index in [1.807, 2.05) is 0 Å². The molecule has 568 valence electrons. The van der Waals surface area contributed by atoms with Crippen molar-refractivity contribution in [3.8, 4) is 190 Å². The minimum absolute atomic E-state index is 0.751. The third-order valence-electron chi connectivity index (χ3n) is 24.1. The predicted molar refractivity (Wildman–Crippen MR) is 510 cm³/mol. The molecule has 4 nitrogen and oxygen atoms in total. The Kier molecular flexibility index (Phi) is 19.6. The van der Waals surface area contributed by atoms with Gasteiger partial charge in [-0.2, -0.15) is 0 Å². The Labute approximate surface area is 705 Å². The van der Waals surface area contributed by atoms with Crippen LogP contribution in [0.25, 0.3) is 190 Å². The monoisotopic (exact) mass is 1560 g/mol. The van der Waals surface area contributed by atoms with E-state index < -0.39 is 16.1 Å². The summed E-state index contributed by atoms with van der Waals surface area (Å²) in [5.74, 6) is 1.51. The van der Waals surface area contributed by atoms with Crippen LogP contribution in [0.15, 0.2) is 437 Å². The van der Waals surface area contributed by atoms with Gasteiger partial charge in [-0.3, -0.25) is 0 Å². The highest BCUT2D eigenvalue weighted by Gasteiger charge is 2.43. The molecule has 2 aromatic heterocycles. The van der Waals surface area contributed by atoms with Crippen molar-refractivity contribution >= 4 is 36.9 Å². The first kappa shape index (κ1) is 74.2. The second-order valence-electron chi connectivity index (χ2n) is 32.4. The fraction of sp³-hybridized carbons (Fsp3) is 0.0351. The number of fused-ring (bicyclic) bond motifs is 6. The first-order valence-electron chi connectivity index (χ1n) is 41.4. The molecule has 0 saturated heterocycles. The van der Waals surface area contributed by atoms with Crippen molar-refractivity contribution in [2.24, 2.45) is 0 Å². The average molecular weight is 1570 g/mol. The molecule has 0 N–H and O–H groups in total. The quantitative estimate of drug-likeness (QED) is 0.0960. The minimum Gasteiger partial charge on any atom is -0.228 e. The standard InChI is InChI=1S/C60H44N2Si.C54H40N2Si/c1-63(2)56-27-13-12-26-55(56)58-59(63)57(51-25-15-24-50(37-51)41-16-6-3-7-17-41)61-60(62-58)47-34-32-45(33-35-47)49-23-14-22-48(36-49)44-28-30-46(31-29-44)54-39-52(42-18-8-4-9-19-42)38-53(40-54)43-20-10-5-11-21-43;1-57(2)50-24-13-12-23-49(50)52-53(57)51(43-19-10-5-11-20-43)55-54(56-52)45-22-14-21-44(33-45)41-29-25-39(26-30-41)40-27-31-42(32-28-40)48-35-46(37-15-6-3-7-16-37)34-47(36-48)38-17-8-4-9-18-38/h3-40H,1-2H3;3-36H,1-2H3. The molecule has 0 bridgehead atoms. The molecule has 0 amide bonds. The molecule has 21 rings (SSSR count). The van der Waals surface area contributed by atoms with Gasteiger partial charge in [-0.05, 0) is 209 Å². The van der Waals surface area contributed by atoms with E-state index >= 15 is 0 Å². The molecule has 0 atom stereocenters. The van der Waals surface area contributed by atoms with Crippen molar-refractivity contribution in [3.05, 3.63) is 437 Å². The molecule has 19 aromatic rings. The molecule has 0 fully saturated rings. The van der Waals surface area contributed by atoms with E-state index in [1.165, 1.54) is 138 Å². The lowest BCUT2D eigenvalue weighted by molar-refractivity contribution is 1.20. The number of hydrogen-bond acceptors (Lipinski definition) is 4. The first-order valence-corrected chi connectivity index (χ1v) is 47.4. The van der Waals surface area contributed by atoms with Crippen LogP contribution in [-0.2, 0) is 0 Å². The third-order valence-corrected chi connectivity index (χ3v) is 31.2. The van der Waals surface area contributed by atoms with Crippen LogP contribution in [0.2, 0.25) is 26.2 Å². The number of nitrogens with zero attached hydrogens (tertiary/aromatic N) is 4. The normalized spacial score (nSPS) is 12.5. The molecule has 120 heavy (non-hydrogen) atoms. The largest absolute Gasteiger partial charge is 0.228 e. The van der Waals surface area contributed by atoms with Crippen molar-refractivity contribution in [2.75, 3.05) is 0 Å². The van der Waals surface area contributed by atoms with Crippen molar-refractivity contribution in [1.82, 2.24) is 19.9 Å². The summed E-state index contributed by atoms with van der Waals surface area (Å²) in [7, 11) is -4.10. The number of aromatic nitrogens is 4. The van der Waals surface area contributed by atoms with E-state index in [4.69, 9.17) is 19.9 Å². The maximum Gasteiger partial charge on any atom is 0.160 e. The van der Waals surface area contributed by atoms with E-state index in [1.54, 1.807) is 0 Å². The lowest BCUT2D eigenvalue weighted by Gasteiger charge is -2.22. The minimum atomic E-state index is -2.09. The second-order valence-corrected chi connectivity index (χ2v) is 41.0. The van der Waals surface area contributed by atoms with Gasteiger partial charge in [0.25, 0.3) is 0 Å². The fourth-order valence-corrected chi connectivity index (χ4v) is 24.3. The zero-order chi connectivity index (χ0) is 80.7. The Morgan fingerprint density at radius 1 is 0.142 bits per heavy atom. The van der Waals surface area contributed by atoms with Crippen LogP contribution in [0.4, 0.5) is 0 Å². The van der Waals surface area contributed by atoms with Gasteiger partial charge in [-0.1, -0.05) is 408 Å². The van der Waals surface area contributed by atoms with E-state index in [9.17, 15) is 0 Å². The Balaban J connectivity index is 0.000000154. The SMILES string of the molecule is C[Si]1(C)c2ccccc2-c2nc(-c3ccc(-c4cccc(-c5ccc(-c6cc(-c7ccccc7)cc(-c7ccccc7)c6)cc5)c4)cc3)nc(-c3cccc(-c4ccccc4)c3)c21.C[Si]1(C)c2ccccc2-c2nc(-c3cccc(-c4ccc(-c5ccc(-c6cc(-c7ccccc7)cc(-c7ccccc7)c6)cc5)cc4)c3)nc(-c3ccccc3)c21. The van der Waals surface area contributed by atoms with Crippen molar-refractivity contribution in [3.63, 3.8) is 0 Å². The van der Waals surface area contributed by atoms with Gasteiger partial charge < -0.3 is 0 Å². The van der Waals surface area contributed by atoms with Crippen LogP contribution < -0.4 is 20.7 Å². The summed E-state index contributed by atoms with van der Waals surface area (Å²) in [5, 5.41) is 5.50. The van der Waals surface area contributed by atoms with E-state index in [0.29, 0.717) is 0 Å². The number of rotatable bonds is 15. The van der Waals surface area contributed by atoms with Crippen LogP contribution in [0.1, 0.15) is 0 Å². The highest BCUT2D eigenvalue weighted by molar-refractivity contribution is 7.05. The summed E-state index contributed by atoms with van der Waals surface area (Å²) in [4.78, 5) is 21.5. The molecule has 0 spiro atoms.